The lowest BCUT2D eigenvalue weighted by Crippen LogP contribution is -2.36. The Morgan fingerprint density at radius 1 is 1.47 bits per heavy atom. The van der Waals surface area contributed by atoms with Crippen molar-refractivity contribution in [3.05, 3.63) is 28.8 Å². The average molecular weight is 274 g/mol. The maximum absolute atomic E-state index is 12.1. The largest absolute Gasteiger partial charge is 0.310 e. The molecule has 2 rings (SSSR count). The number of hydrogen-bond acceptors (Lipinski definition) is 3. The van der Waals surface area contributed by atoms with Crippen LogP contribution in [-0.4, -0.2) is 20.7 Å². The van der Waals surface area contributed by atoms with Gasteiger partial charge in [-0.25, -0.2) is 8.42 Å². The van der Waals surface area contributed by atoms with Crippen molar-refractivity contribution in [1.82, 2.24) is 5.32 Å². The van der Waals surface area contributed by atoms with Gasteiger partial charge in [0.2, 0.25) is 0 Å². The second kappa shape index (κ2) is 4.59. The van der Waals surface area contributed by atoms with Gasteiger partial charge in [-0.05, 0) is 36.2 Å². The third-order valence-electron chi connectivity index (χ3n) is 3.12. The predicted molar refractivity (Wildman–Crippen MR) is 69.1 cm³/mol. The van der Waals surface area contributed by atoms with Crippen LogP contribution in [0.2, 0.25) is 5.02 Å². The molecule has 1 heterocycles. The van der Waals surface area contributed by atoms with E-state index in [0.717, 1.165) is 12.1 Å². The topological polar surface area (TPSA) is 46.2 Å². The van der Waals surface area contributed by atoms with E-state index in [1.54, 1.807) is 18.2 Å². The van der Waals surface area contributed by atoms with Crippen molar-refractivity contribution in [1.29, 1.82) is 0 Å². The smallest absolute Gasteiger partial charge is 0.179 e. The van der Waals surface area contributed by atoms with Gasteiger partial charge in [-0.1, -0.05) is 25.4 Å². The van der Waals surface area contributed by atoms with Crippen LogP contribution in [0.5, 0.6) is 0 Å². The molecule has 2 atom stereocenters. The average Bonchev–Trinajstić information content (AvgIpc) is 2.23. The summed E-state index contributed by atoms with van der Waals surface area (Å²) in [6.07, 6.45) is 0. The number of nitrogens with one attached hydrogen (secondary N) is 1. The molecular formula is C12H16ClNO2S. The molecule has 0 radical (unpaired) electrons. The molecule has 0 spiro atoms. The minimum atomic E-state index is -3.16. The molecule has 0 bridgehead atoms. The van der Waals surface area contributed by atoms with Crippen molar-refractivity contribution >= 4 is 21.4 Å². The van der Waals surface area contributed by atoms with Crippen molar-refractivity contribution in [2.45, 2.75) is 24.8 Å². The van der Waals surface area contributed by atoms with Gasteiger partial charge in [0.25, 0.3) is 0 Å². The zero-order valence-electron chi connectivity index (χ0n) is 9.90. The first kappa shape index (κ1) is 12.9. The van der Waals surface area contributed by atoms with E-state index < -0.39 is 9.84 Å². The highest BCUT2D eigenvalue weighted by molar-refractivity contribution is 7.91. The van der Waals surface area contributed by atoms with Crippen LogP contribution in [-0.2, 0) is 9.84 Å². The molecule has 2 unspecified atom stereocenters. The maximum atomic E-state index is 12.1. The second-order valence-corrected chi connectivity index (χ2v) is 6.92. The van der Waals surface area contributed by atoms with Gasteiger partial charge < -0.3 is 5.32 Å². The lowest BCUT2D eigenvalue weighted by molar-refractivity contribution is 0.403. The fraction of sp³-hybridized carbons (Fsp3) is 0.500. The summed E-state index contributed by atoms with van der Waals surface area (Å²) in [5.41, 5.74) is 0.804. The maximum Gasteiger partial charge on any atom is 0.179 e. The molecule has 1 aromatic rings. The zero-order chi connectivity index (χ0) is 12.6. The first-order valence-corrected chi connectivity index (χ1v) is 7.74. The summed E-state index contributed by atoms with van der Waals surface area (Å²) in [6, 6.07) is 5.08. The van der Waals surface area contributed by atoms with Crippen LogP contribution in [0.3, 0.4) is 0 Å². The highest BCUT2D eigenvalue weighted by Crippen LogP contribution is 2.37. The highest BCUT2D eigenvalue weighted by atomic mass is 35.5. The molecule has 1 aliphatic rings. The van der Waals surface area contributed by atoms with Gasteiger partial charge in [0.15, 0.2) is 9.84 Å². The Kier molecular flexibility index (Phi) is 3.48. The zero-order valence-corrected chi connectivity index (χ0v) is 11.5. The first-order chi connectivity index (χ1) is 7.95. The Balaban J connectivity index is 2.59. The number of halogens is 1. The van der Waals surface area contributed by atoms with E-state index in [2.05, 4.69) is 5.32 Å². The molecule has 0 saturated carbocycles. The standard InChI is InChI=1S/C12H16ClNO2S/c1-3-14-12-8(2)7-17(15,16)11-5-4-9(13)6-10(11)12/h4-6,8,12,14H,3,7H2,1-2H3. The van der Waals surface area contributed by atoms with Gasteiger partial charge >= 0.3 is 0 Å². The van der Waals surface area contributed by atoms with E-state index in [4.69, 9.17) is 11.6 Å². The van der Waals surface area contributed by atoms with Gasteiger partial charge in [0.1, 0.15) is 0 Å². The van der Waals surface area contributed by atoms with Gasteiger partial charge in [-0.2, -0.15) is 0 Å². The highest BCUT2D eigenvalue weighted by Gasteiger charge is 2.35. The lowest BCUT2D eigenvalue weighted by atomic mass is 9.95. The van der Waals surface area contributed by atoms with Crippen LogP contribution in [0, 0.1) is 5.92 Å². The third-order valence-corrected chi connectivity index (χ3v) is 5.36. The van der Waals surface area contributed by atoms with Crippen LogP contribution >= 0.6 is 11.6 Å². The fourth-order valence-corrected chi connectivity index (χ4v) is 4.48. The van der Waals surface area contributed by atoms with Crippen molar-refractivity contribution in [3.8, 4) is 0 Å². The van der Waals surface area contributed by atoms with E-state index in [1.807, 2.05) is 13.8 Å². The van der Waals surface area contributed by atoms with Gasteiger partial charge in [0.05, 0.1) is 10.6 Å². The van der Waals surface area contributed by atoms with Crippen molar-refractivity contribution in [2.24, 2.45) is 5.92 Å². The normalized spacial score (nSPS) is 26.5. The van der Waals surface area contributed by atoms with Gasteiger partial charge in [-0.15, -0.1) is 0 Å². The number of sulfone groups is 1. The Hall–Kier alpha value is -0.580. The minimum Gasteiger partial charge on any atom is -0.310 e. The Morgan fingerprint density at radius 2 is 2.18 bits per heavy atom. The molecule has 0 aromatic heterocycles. The van der Waals surface area contributed by atoms with Crippen LogP contribution in [0.4, 0.5) is 0 Å². The minimum absolute atomic E-state index is 0.0610. The molecule has 0 aliphatic carbocycles. The molecule has 17 heavy (non-hydrogen) atoms. The van der Waals surface area contributed by atoms with Crippen molar-refractivity contribution in [3.63, 3.8) is 0 Å². The van der Waals surface area contributed by atoms with Crippen LogP contribution in [0.15, 0.2) is 23.1 Å². The molecule has 1 aliphatic heterocycles. The Morgan fingerprint density at radius 3 is 2.82 bits per heavy atom. The Bertz CT molecular complexity index is 527. The monoisotopic (exact) mass is 273 g/mol. The summed E-state index contributed by atoms with van der Waals surface area (Å²) in [6.45, 7) is 4.77. The molecule has 0 fully saturated rings. The van der Waals surface area contributed by atoms with E-state index >= 15 is 0 Å². The molecular weight excluding hydrogens is 258 g/mol. The van der Waals surface area contributed by atoms with Crippen LogP contribution in [0.25, 0.3) is 0 Å². The molecule has 5 heteroatoms. The van der Waals surface area contributed by atoms with E-state index in [-0.39, 0.29) is 17.7 Å². The van der Waals surface area contributed by atoms with E-state index in [0.29, 0.717) is 9.92 Å². The van der Waals surface area contributed by atoms with Crippen molar-refractivity contribution in [2.75, 3.05) is 12.3 Å². The SMILES string of the molecule is CCNC1c2cc(Cl)ccc2S(=O)(=O)CC1C. The molecule has 94 valence electrons. The predicted octanol–water partition coefficient (Wildman–Crippen LogP) is 2.41. The summed E-state index contributed by atoms with van der Waals surface area (Å²) in [7, 11) is -3.16. The molecule has 1 aromatic carbocycles. The summed E-state index contributed by atoms with van der Waals surface area (Å²) < 4.78 is 24.1. The summed E-state index contributed by atoms with van der Waals surface area (Å²) in [5.74, 6) is 0.255. The van der Waals surface area contributed by atoms with E-state index in [9.17, 15) is 8.42 Å². The number of benzene rings is 1. The third kappa shape index (κ3) is 2.34. The number of rotatable bonds is 2. The molecule has 0 amide bonds. The van der Waals surface area contributed by atoms with E-state index in [1.165, 1.54) is 0 Å². The van der Waals surface area contributed by atoms with Crippen LogP contribution < -0.4 is 5.32 Å². The molecule has 0 saturated heterocycles. The summed E-state index contributed by atoms with van der Waals surface area (Å²) in [4.78, 5) is 0.422. The Labute approximate surface area is 107 Å². The first-order valence-electron chi connectivity index (χ1n) is 5.71. The molecule has 1 N–H and O–H groups in total. The summed E-state index contributed by atoms with van der Waals surface area (Å²) in [5, 5.41) is 3.91. The quantitative estimate of drug-likeness (QED) is 0.900. The van der Waals surface area contributed by atoms with Gasteiger partial charge in [-0.3, -0.25) is 0 Å². The number of hydrogen-bond donors (Lipinski definition) is 1. The summed E-state index contributed by atoms with van der Waals surface area (Å²) >= 11 is 5.96. The fourth-order valence-electron chi connectivity index (χ4n) is 2.42. The lowest BCUT2D eigenvalue weighted by Gasteiger charge is -2.31. The second-order valence-electron chi connectivity index (χ2n) is 4.48. The molecule has 3 nitrogen and oxygen atoms in total. The number of fused-ring (bicyclic) bond motifs is 1. The van der Waals surface area contributed by atoms with Gasteiger partial charge in [0, 0.05) is 11.1 Å². The van der Waals surface area contributed by atoms with Crippen molar-refractivity contribution < 1.29 is 8.42 Å². The van der Waals surface area contributed by atoms with Crippen LogP contribution in [0.1, 0.15) is 25.5 Å².